The van der Waals surface area contributed by atoms with Crippen LogP contribution in [0.25, 0.3) is 0 Å². The van der Waals surface area contributed by atoms with Crippen LogP contribution in [-0.2, 0) is 6.61 Å². The van der Waals surface area contributed by atoms with Crippen LogP contribution in [-0.4, -0.2) is 11.3 Å². The fourth-order valence-corrected chi connectivity index (χ4v) is 1.71. The molecule has 0 spiro atoms. The number of rotatable bonds is 5. The van der Waals surface area contributed by atoms with E-state index in [1.807, 2.05) is 0 Å². The third-order valence-electron chi connectivity index (χ3n) is 2.69. The monoisotopic (exact) mass is 321 g/mol. The number of ether oxygens (including phenoxy) is 1. The van der Waals surface area contributed by atoms with Gasteiger partial charge in [0.15, 0.2) is 16.7 Å². The molecule has 2 rings (SSSR count). The first-order chi connectivity index (χ1) is 10.6. The van der Waals surface area contributed by atoms with Crippen LogP contribution in [0.4, 0.5) is 8.78 Å². The number of hydrogen-bond donors (Lipinski definition) is 2. The fourth-order valence-electron chi connectivity index (χ4n) is 1.66. The highest BCUT2D eigenvalue weighted by Gasteiger charge is 2.06. The lowest BCUT2D eigenvalue weighted by atomic mass is 10.2. The molecule has 0 bridgehead atoms. The summed E-state index contributed by atoms with van der Waals surface area (Å²) in [5, 5.41) is 3.73. The number of nitrogens with two attached hydrogens (primary N) is 1. The zero-order chi connectivity index (χ0) is 15.9. The molecule has 2 aromatic rings. The van der Waals surface area contributed by atoms with Gasteiger partial charge in [-0.05, 0) is 42.0 Å². The van der Waals surface area contributed by atoms with E-state index in [4.69, 9.17) is 10.5 Å². The second-order valence-electron chi connectivity index (χ2n) is 4.30. The molecule has 4 nitrogen and oxygen atoms in total. The summed E-state index contributed by atoms with van der Waals surface area (Å²) >= 11 is 4.58. The largest absolute Gasteiger partial charge is 0.486 e. The van der Waals surface area contributed by atoms with Gasteiger partial charge in [0, 0.05) is 5.56 Å². The molecule has 0 heterocycles. The molecule has 22 heavy (non-hydrogen) atoms. The zero-order valence-electron chi connectivity index (χ0n) is 11.4. The second-order valence-corrected chi connectivity index (χ2v) is 4.74. The van der Waals surface area contributed by atoms with Crippen LogP contribution in [0.5, 0.6) is 5.75 Å². The lowest BCUT2D eigenvalue weighted by molar-refractivity contribution is 0.285. The first-order valence-corrected chi connectivity index (χ1v) is 6.71. The van der Waals surface area contributed by atoms with Crippen LogP contribution in [0.1, 0.15) is 11.1 Å². The van der Waals surface area contributed by atoms with Gasteiger partial charge in [0.25, 0.3) is 0 Å². The minimum atomic E-state index is -0.574. The van der Waals surface area contributed by atoms with Crippen molar-refractivity contribution in [2.24, 2.45) is 10.8 Å². The van der Waals surface area contributed by atoms with Crippen molar-refractivity contribution in [3.8, 4) is 5.75 Å². The molecule has 0 fully saturated rings. The van der Waals surface area contributed by atoms with Gasteiger partial charge in [-0.25, -0.2) is 8.78 Å². The predicted molar refractivity (Wildman–Crippen MR) is 84.6 cm³/mol. The van der Waals surface area contributed by atoms with E-state index in [9.17, 15) is 8.78 Å². The summed E-state index contributed by atoms with van der Waals surface area (Å²) < 4.78 is 32.6. The van der Waals surface area contributed by atoms with Crippen LogP contribution < -0.4 is 15.9 Å². The molecule has 7 heteroatoms. The van der Waals surface area contributed by atoms with Crippen LogP contribution in [0, 0.1) is 11.6 Å². The maximum atomic E-state index is 13.9. The number of nitrogens with one attached hydrogen (secondary N) is 1. The Morgan fingerprint density at radius 3 is 2.68 bits per heavy atom. The van der Waals surface area contributed by atoms with E-state index in [0.29, 0.717) is 11.1 Å². The van der Waals surface area contributed by atoms with Crippen molar-refractivity contribution in [1.29, 1.82) is 0 Å². The molecular formula is C15H13F2N3OS. The minimum absolute atomic E-state index is 0.0153. The average molecular weight is 321 g/mol. The Morgan fingerprint density at radius 1 is 1.23 bits per heavy atom. The molecule has 0 saturated heterocycles. The van der Waals surface area contributed by atoms with E-state index < -0.39 is 11.6 Å². The summed E-state index contributed by atoms with van der Waals surface area (Å²) in [6, 6.07) is 10.4. The number of benzene rings is 2. The van der Waals surface area contributed by atoms with Crippen molar-refractivity contribution in [3.63, 3.8) is 0 Å². The molecule has 2 aromatic carbocycles. The third kappa shape index (κ3) is 4.49. The van der Waals surface area contributed by atoms with Gasteiger partial charge in [0.2, 0.25) is 0 Å². The zero-order valence-corrected chi connectivity index (χ0v) is 12.2. The molecule has 0 saturated carbocycles. The molecule has 114 valence electrons. The SMILES string of the molecule is NC(=S)NN=Cc1ccc(OCc2ccccc2F)c(F)c1. The Bertz CT molecular complexity index is 707. The summed E-state index contributed by atoms with van der Waals surface area (Å²) in [5.41, 5.74) is 8.42. The lowest BCUT2D eigenvalue weighted by Gasteiger charge is -2.08. The van der Waals surface area contributed by atoms with E-state index in [0.717, 1.165) is 0 Å². The van der Waals surface area contributed by atoms with Gasteiger partial charge in [0.05, 0.1) is 6.21 Å². The second kappa shape index (κ2) is 7.46. The standard InChI is InChI=1S/C15H13F2N3OS/c16-12-4-2-1-3-11(12)9-21-14-6-5-10(7-13(14)17)8-19-20-15(18)22/h1-8H,9H2,(H3,18,20,22). The van der Waals surface area contributed by atoms with Gasteiger partial charge < -0.3 is 10.5 Å². The molecular weight excluding hydrogens is 308 g/mol. The van der Waals surface area contributed by atoms with Crippen LogP contribution in [0.2, 0.25) is 0 Å². The van der Waals surface area contributed by atoms with Crippen molar-refractivity contribution in [2.45, 2.75) is 6.61 Å². The molecule has 0 aliphatic rings. The van der Waals surface area contributed by atoms with Gasteiger partial charge in [-0.15, -0.1) is 0 Å². The number of hydrazone groups is 1. The summed E-state index contributed by atoms with van der Waals surface area (Å²) in [4.78, 5) is 0. The highest BCUT2D eigenvalue weighted by molar-refractivity contribution is 7.80. The maximum Gasteiger partial charge on any atom is 0.184 e. The van der Waals surface area contributed by atoms with Crippen LogP contribution >= 0.6 is 12.2 Å². The number of nitrogens with zero attached hydrogens (tertiary/aromatic N) is 1. The predicted octanol–water partition coefficient (Wildman–Crippen LogP) is 2.71. The van der Waals surface area contributed by atoms with E-state index in [-0.39, 0.29) is 17.5 Å². The van der Waals surface area contributed by atoms with E-state index in [1.165, 1.54) is 24.4 Å². The van der Waals surface area contributed by atoms with Crippen LogP contribution in [0.3, 0.4) is 0 Å². The van der Waals surface area contributed by atoms with Crippen molar-refractivity contribution < 1.29 is 13.5 Å². The number of halogens is 2. The Labute approximate surface area is 131 Å². The first kappa shape index (κ1) is 15.8. The first-order valence-electron chi connectivity index (χ1n) is 6.30. The Balaban J connectivity index is 2.02. The highest BCUT2D eigenvalue weighted by Crippen LogP contribution is 2.19. The summed E-state index contributed by atoms with van der Waals surface area (Å²) in [7, 11) is 0. The molecule has 0 radical (unpaired) electrons. The smallest absolute Gasteiger partial charge is 0.184 e. The van der Waals surface area contributed by atoms with Gasteiger partial charge in [-0.3, -0.25) is 5.43 Å². The highest BCUT2D eigenvalue weighted by atomic mass is 32.1. The van der Waals surface area contributed by atoms with Crippen molar-refractivity contribution >= 4 is 23.5 Å². The number of thiocarbonyl (C=S) groups is 1. The molecule has 0 unspecified atom stereocenters. The van der Waals surface area contributed by atoms with Crippen molar-refractivity contribution in [2.75, 3.05) is 0 Å². The van der Waals surface area contributed by atoms with Gasteiger partial charge in [-0.1, -0.05) is 18.2 Å². The lowest BCUT2D eigenvalue weighted by Crippen LogP contribution is -2.23. The summed E-state index contributed by atoms with van der Waals surface area (Å²) in [6.45, 7) is -0.0555. The van der Waals surface area contributed by atoms with E-state index in [1.54, 1.807) is 24.3 Å². The molecule has 3 N–H and O–H groups in total. The fraction of sp³-hybridized carbons (Fsp3) is 0.0667. The minimum Gasteiger partial charge on any atom is -0.486 e. The van der Waals surface area contributed by atoms with Crippen LogP contribution in [0.15, 0.2) is 47.6 Å². The van der Waals surface area contributed by atoms with Crippen molar-refractivity contribution in [3.05, 3.63) is 65.2 Å². The topological polar surface area (TPSA) is 59.6 Å². The van der Waals surface area contributed by atoms with E-state index in [2.05, 4.69) is 22.7 Å². The normalized spacial score (nSPS) is 10.6. The Morgan fingerprint density at radius 2 is 2.00 bits per heavy atom. The third-order valence-corrected chi connectivity index (χ3v) is 2.78. The molecule has 0 aliphatic carbocycles. The molecule has 0 aliphatic heterocycles. The van der Waals surface area contributed by atoms with E-state index >= 15 is 0 Å². The summed E-state index contributed by atoms with van der Waals surface area (Å²) in [6.07, 6.45) is 1.36. The summed E-state index contributed by atoms with van der Waals surface area (Å²) in [5.74, 6) is -0.936. The number of hydrogen-bond acceptors (Lipinski definition) is 3. The van der Waals surface area contributed by atoms with Gasteiger partial charge >= 0.3 is 0 Å². The molecule has 0 amide bonds. The van der Waals surface area contributed by atoms with Crippen molar-refractivity contribution in [1.82, 2.24) is 5.43 Å². The molecule has 0 atom stereocenters. The molecule has 0 aromatic heterocycles. The quantitative estimate of drug-likeness (QED) is 0.505. The van der Waals surface area contributed by atoms with Gasteiger partial charge in [0.1, 0.15) is 12.4 Å². The average Bonchev–Trinajstić information content (AvgIpc) is 2.47. The van der Waals surface area contributed by atoms with Gasteiger partial charge in [-0.2, -0.15) is 5.10 Å². The maximum absolute atomic E-state index is 13.9. The Kier molecular flexibility index (Phi) is 5.37. The Hall–Kier alpha value is -2.54.